The lowest BCUT2D eigenvalue weighted by Gasteiger charge is -2.08. The Balaban J connectivity index is 0.000000220. The van der Waals surface area contributed by atoms with Gasteiger partial charge >= 0.3 is 24.3 Å². The van der Waals surface area contributed by atoms with E-state index in [0.29, 0.717) is 22.3 Å². The van der Waals surface area contributed by atoms with Crippen LogP contribution in [0.5, 0.6) is 0 Å². The van der Waals surface area contributed by atoms with Crippen LogP contribution in [0.25, 0.3) is 22.3 Å². The maximum Gasteiger partial charge on any atom is 0.416 e. The molecule has 0 atom stereocenters. The Morgan fingerprint density at radius 2 is 0.675 bits per heavy atom. The quantitative estimate of drug-likeness (QED) is 0.234. The Morgan fingerprint density at radius 3 is 0.875 bits per heavy atom. The fourth-order valence-corrected chi connectivity index (χ4v) is 3.68. The van der Waals surface area contributed by atoms with Crippen molar-refractivity contribution in [2.24, 2.45) is 0 Å². The maximum atomic E-state index is 12.4. The highest BCUT2D eigenvalue weighted by Crippen LogP contribution is 2.32. The van der Waals surface area contributed by atoms with E-state index in [4.69, 9.17) is 10.2 Å². The predicted molar refractivity (Wildman–Crippen MR) is 136 cm³/mol. The van der Waals surface area contributed by atoms with E-state index in [-0.39, 0.29) is 12.8 Å². The number of alkyl halides is 6. The molecule has 0 heterocycles. The Bertz CT molecular complexity index is 1310. The Kier molecular flexibility index (Phi) is 9.36. The highest BCUT2D eigenvalue weighted by molar-refractivity contribution is 5.72. The fraction of sp³-hybridized carbons (Fsp3) is 0.133. The first kappa shape index (κ1) is 29.9. The summed E-state index contributed by atoms with van der Waals surface area (Å²) in [6, 6.07) is 23.1. The van der Waals surface area contributed by atoms with E-state index < -0.39 is 35.4 Å². The van der Waals surface area contributed by atoms with Gasteiger partial charge in [0.05, 0.1) is 24.0 Å². The van der Waals surface area contributed by atoms with E-state index in [9.17, 15) is 35.9 Å². The van der Waals surface area contributed by atoms with E-state index in [1.165, 1.54) is 24.3 Å². The lowest BCUT2D eigenvalue weighted by atomic mass is 10.0. The summed E-state index contributed by atoms with van der Waals surface area (Å²) in [6.45, 7) is 0. The molecular weight excluding hydrogens is 538 g/mol. The third-order valence-electron chi connectivity index (χ3n) is 5.71. The number of aliphatic carboxylic acids is 2. The molecule has 0 aliphatic heterocycles. The Hall–Kier alpha value is -4.60. The summed E-state index contributed by atoms with van der Waals surface area (Å²) >= 11 is 0. The second kappa shape index (κ2) is 12.5. The first-order valence-electron chi connectivity index (χ1n) is 11.7. The van der Waals surface area contributed by atoms with Crippen LogP contribution in [-0.4, -0.2) is 22.2 Å². The minimum absolute atomic E-state index is 0.0761. The first-order chi connectivity index (χ1) is 18.7. The molecule has 0 unspecified atom stereocenters. The molecule has 40 heavy (non-hydrogen) atoms. The molecule has 4 nitrogen and oxygen atoms in total. The van der Waals surface area contributed by atoms with Crippen LogP contribution in [0.2, 0.25) is 0 Å². The molecule has 4 aromatic carbocycles. The lowest BCUT2D eigenvalue weighted by molar-refractivity contribution is -0.138. The van der Waals surface area contributed by atoms with Crippen LogP contribution in [0.4, 0.5) is 26.3 Å². The van der Waals surface area contributed by atoms with E-state index in [0.717, 1.165) is 35.4 Å². The van der Waals surface area contributed by atoms with Crippen LogP contribution in [0.15, 0.2) is 97.1 Å². The van der Waals surface area contributed by atoms with Gasteiger partial charge in [0.15, 0.2) is 0 Å². The Morgan fingerprint density at radius 1 is 0.450 bits per heavy atom. The van der Waals surface area contributed by atoms with Crippen molar-refractivity contribution in [3.63, 3.8) is 0 Å². The normalized spacial score (nSPS) is 11.3. The van der Waals surface area contributed by atoms with Crippen molar-refractivity contribution in [1.82, 2.24) is 0 Å². The summed E-state index contributed by atoms with van der Waals surface area (Å²) in [5.74, 6) is -1.85. The van der Waals surface area contributed by atoms with Crippen molar-refractivity contribution in [2.75, 3.05) is 0 Å². The summed E-state index contributed by atoms with van der Waals surface area (Å²) in [7, 11) is 0. The molecule has 0 spiro atoms. The summed E-state index contributed by atoms with van der Waals surface area (Å²) in [5, 5.41) is 17.3. The lowest BCUT2D eigenvalue weighted by Crippen LogP contribution is -2.04. The van der Waals surface area contributed by atoms with Gasteiger partial charge in [0.25, 0.3) is 0 Å². The summed E-state index contributed by atoms with van der Waals surface area (Å²) in [6.07, 6.45) is -8.84. The zero-order valence-corrected chi connectivity index (χ0v) is 20.6. The number of halogens is 6. The molecule has 0 saturated heterocycles. The molecule has 4 rings (SSSR count). The van der Waals surface area contributed by atoms with E-state index >= 15 is 0 Å². The van der Waals surface area contributed by atoms with Gasteiger partial charge in [-0.3, -0.25) is 9.59 Å². The third-order valence-corrected chi connectivity index (χ3v) is 5.71. The van der Waals surface area contributed by atoms with Crippen molar-refractivity contribution in [3.05, 3.63) is 119 Å². The van der Waals surface area contributed by atoms with Crippen molar-refractivity contribution in [3.8, 4) is 22.3 Å². The minimum atomic E-state index is -4.34. The van der Waals surface area contributed by atoms with Gasteiger partial charge in [-0.15, -0.1) is 0 Å². The van der Waals surface area contributed by atoms with Gasteiger partial charge in [-0.25, -0.2) is 0 Å². The SMILES string of the molecule is O=C(O)Cc1ccc(-c2ccc(C(F)(F)F)cc2)cc1.O=C(O)Cc1ccc(-c2ccc(C(F)(F)F)cc2)cc1. The van der Waals surface area contributed by atoms with Gasteiger partial charge < -0.3 is 10.2 Å². The standard InChI is InChI=1S/2C15H11F3O2/c2*16-15(17,18)13-7-5-12(6-8-13)11-3-1-10(2-4-11)9-14(19)20/h2*1-8H,9H2,(H,19,20). The van der Waals surface area contributed by atoms with Gasteiger partial charge in [-0.2, -0.15) is 26.3 Å². The number of hydrogen-bond donors (Lipinski definition) is 2. The maximum absolute atomic E-state index is 12.4. The zero-order chi connectivity index (χ0) is 29.5. The van der Waals surface area contributed by atoms with Crippen LogP contribution in [0, 0.1) is 0 Å². The van der Waals surface area contributed by atoms with Gasteiger partial charge in [0, 0.05) is 0 Å². The number of carboxylic acids is 2. The van der Waals surface area contributed by atoms with E-state index in [1.807, 2.05) is 0 Å². The number of hydrogen-bond acceptors (Lipinski definition) is 2. The van der Waals surface area contributed by atoms with Crippen molar-refractivity contribution >= 4 is 11.9 Å². The highest BCUT2D eigenvalue weighted by atomic mass is 19.4. The van der Waals surface area contributed by atoms with Crippen molar-refractivity contribution < 1.29 is 46.1 Å². The average molecular weight is 560 g/mol. The van der Waals surface area contributed by atoms with Gasteiger partial charge in [0.2, 0.25) is 0 Å². The molecule has 0 fully saturated rings. The van der Waals surface area contributed by atoms with Crippen molar-refractivity contribution in [1.29, 1.82) is 0 Å². The monoisotopic (exact) mass is 560 g/mol. The van der Waals surface area contributed by atoms with Crippen LogP contribution in [-0.2, 0) is 34.8 Å². The first-order valence-corrected chi connectivity index (χ1v) is 11.7. The highest BCUT2D eigenvalue weighted by Gasteiger charge is 2.30. The Labute approximate surface area is 225 Å². The third kappa shape index (κ3) is 8.72. The zero-order valence-electron chi connectivity index (χ0n) is 20.6. The summed E-state index contributed by atoms with van der Waals surface area (Å²) in [4.78, 5) is 21.1. The van der Waals surface area contributed by atoms with Crippen LogP contribution in [0.1, 0.15) is 22.3 Å². The number of carbonyl (C=O) groups is 2. The van der Waals surface area contributed by atoms with E-state index in [1.54, 1.807) is 48.5 Å². The van der Waals surface area contributed by atoms with Gasteiger partial charge in [-0.1, -0.05) is 72.8 Å². The predicted octanol–water partition coefficient (Wildman–Crippen LogP) is 8.00. The molecule has 0 aliphatic carbocycles. The molecule has 0 amide bonds. The summed E-state index contributed by atoms with van der Waals surface area (Å²) in [5.41, 5.74) is 2.70. The van der Waals surface area contributed by atoms with Gasteiger partial charge in [0.1, 0.15) is 0 Å². The second-order valence-corrected chi connectivity index (χ2v) is 8.69. The number of carboxylic acid groups (broad SMARTS) is 2. The largest absolute Gasteiger partial charge is 0.481 e. The number of rotatable bonds is 6. The molecule has 0 bridgehead atoms. The average Bonchev–Trinajstić information content (AvgIpc) is 2.88. The van der Waals surface area contributed by atoms with Crippen LogP contribution < -0.4 is 0 Å². The smallest absolute Gasteiger partial charge is 0.416 e. The molecule has 0 aromatic heterocycles. The molecule has 0 saturated carbocycles. The molecule has 10 heteroatoms. The van der Waals surface area contributed by atoms with Crippen molar-refractivity contribution in [2.45, 2.75) is 25.2 Å². The minimum Gasteiger partial charge on any atom is -0.481 e. The molecule has 2 N–H and O–H groups in total. The molecule has 208 valence electrons. The van der Waals surface area contributed by atoms with E-state index in [2.05, 4.69) is 0 Å². The second-order valence-electron chi connectivity index (χ2n) is 8.69. The molecular formula is C30H22F6O4. The van der Waals surface area contributed by atoms with Crippen LogP contribution >= 0.6 is 0 Å². The molecule has 4 aromatic rings. The fourth-order valence-electron chi connectivity index (χ4n) is 3.68. The van der Waals surface area contributed by atoms with Crippen LogP contribution in [0.3, 0.4) is 0 Å². The molecule has 0 aliphatic rings. The van der Waals surface area contributed by atoms with Gasteiger partial charge in [-0.05, 0) is 57.6 Å². The number of benzene rings is 4. The molecule has 0 radical (unpaired) electrons. The summed E-state index contributed by atoms with van der Waals surface area (Å²) < 4.78 is 74.6. The topological polar surface area (TPSA) is 74.6 Å².